The van der Waals surface area contributed by atoms with Crippen molar-refractivity contribution >= 4 is 22.7 Å². The minimum Gasteiger partial charge on any atom is -0.289 e. The Morgan fingerprint density at radius 2 is 1.94 bits per heavy atom. The molecular weight excluding hydrogens is 216 g/mol. The maximum Gasteiger partial charge on any atom is 0.187 e. The molecule has 0 radical (unpaired) electrons. The largest absolute Gasteiger partial charge is 0.289 e. The van der Waals surface area contributed by atoms with Gasteiger partial charge < -0.3 is 0 Å². The third-order valence-electron chi connectivity index (χ3n) is 3.00. The van der Waals surface area contributed by atoms with E-state index in [-0.39, 0.29) is 5.78 Å². The lowest BCUT2D eigenvalue weighted by molar-refractivity contribution is 0.104. The lowest BCUT2D eigenvalue weighted by Crippen LogP contribution is -2.02. The van der Waals surface area contributed by atoms with Crippen molar-refractivity contribution in [2.45, 2.75) is 33.6 Å². The molecule has 0 aromatic carbocycles. The molecule has 0 bridgehead atoms. The topological polar surface area (TPSA) is 17.1 Å². The SMILES string of the molecule is CCC(CC)=C1C=CC(=O)c2cc(C)sc21. The molecule has 1 aliphatic rings. The van der Waals surface area contributed by atoms with Gasteiger partial charge in [0, 0.05) is 15.3 Å². The number of allylic oxidation sites excluding steroid dienone is 4. The van der Waals surface area contributed by atoms with Gasteiger partial charge in [0.05, 0.1) is 0 Å². The van der Waals surface area contributed by atoms with Crippen LogP contribution in [0.15, 0.2) is 23.8 Å². The molecule has 1 heterocycles. The van der Waals surface area contributed by atoms with Crippen molar-refractivity contribution in [1.29, 1.82) is 0 Å². The molecule has 0 aliphatic heterocycles. The van der Waals surface area contributed by atoms with Crippen LogP contribution in [0.2, 0.25) is 0 Å². The molecule has 0 saturated heterocycles. The molecule has 0 amide bonds. The summed E-state index contributed by atoms with van der Waals surface area (Å²) in [6.45, 7) is 6.41. The highest BCUT2D eigenvalue weighted by atomic mass is 32.1. The Hall–Kier alpha value is -1.15. The molecule has 1 aliphatic carbocycles. The molecule has 0 fully saturated rings. The highest BCUT2D eigenvalue weighted by Gasteiger charge is 2.20. The van der Waals surface area contributed by atoms with Crippen LogP contribution < -0.4 is 0 Å². The molecule has 0 unspecified atom stereocenters. The predicted octanol–water partition coefficient (Wildman–Crippen LogP) is 4.38. The summed E-state index contributed by atoms with van der Waals surface area (Å²) in [6, 6.07) is 2.01. The summed E-state index contributed by atoms with van der Waals surface area (Å²) >= 11 is 1.73. The first-order chi connectivity index (χ1) is 7.67. The quantitative estimate of drug-likeness (QED) is 0.739. The Morgan fingerprint density at radius 1 is 1.25 bits per heavy atom. The van der Waals surface area contributed by atoms with E-state index >= 15 is 0 Å². The van der Waals surface area contributed by atoms with E-state index in [0.29, 0.717) is 0 Å². The zero-order valence-corrected chi connectivity index (χ0v) is 10.8. The van der Waals surface area contributed by atoms with E-state index in [9.17, 15) is 4.79 Å². The highest BCUT2D eigenvalue weighted by Crippen LogP contribution is 2.36. The Bertz CT molecular complexity index is 483. The van der Waals surface area contributed by atoms with Crippen LogP contribution in [0.5, 0.6) is 0 Å². The highest BCUT2D eigenvalue weighted by molar-refractivity contribution is 7.13. The van der Waals surface area contributed by atoms with Gasteiger partial charge in [-0.05, 0) is 43.6 Å². The molecule has 1 aromatic heterocycles. The zero-order valence-electron chi connectivity index (χ0n) is 9.96. The maximum absolute atomic E-state index is 11.7. The summed E-state index contributed by atoms with van der Waals surface area (Å²) in [6.07, 6.45) is 5.81. The second-order valence-electron chi connectivity index (χ2n) is 4.02. The number of hydrogen-bond donors (Lipinski definition) is 0. The fourth-order valence-electron chi connectivity index (χ4n) is 2.13. The Kier molecular flexibility index (Phi) is 3.10. The molecule has 16 heavy (non-hydrogen) atoms. The van der Waals surface area contributed by atoms with Gasteiger partial charge >= 0.3 is 0 Å². The summed E-state index contributed by atoms with van der Waals surface area (Å²) < 4.78 is 0. The van der Waals surface area contributed by atoms with E-state index in [0.717, 1.165) is 18.4 Å². The van der Waals surface area contributed by atoms with E-state index in [1.807, 2.05) is 12.1 Å². The van der Waals surface area contributed by atoms with Crippen LogP contribution in [0.4, 0.5) is 0 Å². The van der Waals surface area contributed by atoms with Gasteiger partial charge in [-0.25, -0.2) is 0 Å². The number of aryl methyl sites for hydroxylation is 1. The average Bonchev–Trinajstić information content (AvgIpc) is 2.65. The van der Waals surface area contributed by atoms with Crippen molar-refractivity contribution in [2.24, 2.45) is 0 Å². The number of hydrogen-bond acceptors (Lipinski definition) is 2. The number of ketones is 1. The van der Waals surface area contributed by atoms with E-state index in [1.54, 1.807) is 17.4 Å². The second kappa shape index (κ2) is 4.38. The van der Waals surface area contributed by atoms with Gasteiger partial charge in [-0.3, -0.25) is 4.79 Å². The van der Waals surface area contributed by atoms with Crippen LogP contribution in [-0.2, 0) is 0 Å². The van der Waals surface area contributed by atoms with Gasteiger partial charge in [0.15, 0.2) is 5.78 Å². The monoisotopic (exact) mass is 232 g/mol. The average molecular weight is 232 g/mol. The standard InChI is InChI=1S/C14H16OS/c1-4-10(5-2)11-6-7-13(15)12-8-9(3)16-14(11)12/h6-8H,4-5H2,1-3H3. The zero-order chi connectivity index (χ0) is 11.7. The van der Waals surface area contributed by atoms with E-state index < -0.39 is 0 Å². The minimum absolute atomic E-state index is 0.148. The molecular formula is C14H16OS. The van der Waals surface area contributed by atoms with Crippen LogP contribution in [-0.4, -0.2) is 5.78 Å². The molecule has 1 aromatic rings. The molecule has 84 valence electrons. The first-order valence-corrected chi connectivity index (χ1v) is 6.54. The van der Waals surface area contributed by atoms with Crippen molar-refractivity contribution in [3.8, 4) is 0 Å². The number of carbonyl (C=O) groups is 1. The lowest BCUT2D eigenvalue weighted by atomic mass is 9.94. The normalized spacial score (nSPS) is 14.2. The van der Waals surface area contributed by atoms with Crippen LogP contribution >= 0.6 is 11.3 Å². The Labute approximate surface area is 100 Å². The van der Waals surface area contributed by atoms with Gasteiger partial charge in [-0.2, -0.15) is 0 Å². The fourth-order valence-corrected chi connectivity index (χ4v) is 3.22. The van der Waals surface area contributed by atoms with Crippen molar-refractivity contribution in [1.82, 2.24) is 0 Å². The molecule has 0 spiro atoms. The second-order valence-corrected chi connectivity index (χ2v) is 5.28. The number of carbonyl (C=O) groups excluding carboxylic acids is 1. The van der Waals surface area contributed by atoms with Crippen LogP contribution in [0, 0.1) is 6.92 Å². The summed E-state index contributed by atoms with van der Waals surface area (Å²) in [5.74, 6) is 0.148. The van der Waals surface area contributed by atoms with Gasteiger partial charge in [0.25, 0.3) is 0 Å². The molecule has 2 rings (SSSR count). The molecule has 0 atom stereocenters. The van der Waals surface area contributed by atoms with Crippen molar-refractivity contribution in [3.05, 3.63) is 39.1 Å². The molecule has 0 saturated carbocycles. The van der Waals surface area contributed by atoms with Gasteiger partial charge in [0.2, 0.25) is 0 Å². The van der Waals surface area contributed by atoms with E-state index in [4.69, 9.17) is 0 Å². The van der Waals surface area contributed by atoms with Gasteiger partial charge in [0.1, 0.15) is 0 Å². The molecule has 2 heteroatoms. The predicted molar refractivity (Wildman–Crippen MR) is 70.0 cm³/mol. The van der Waals surface area contributed by atoms with E-state index in [2.05, 4.69) is 20.8 Å². The maximum atomic E-state index is 11.7. The smallest absolute Gasteiger partial charge is 0.187 e. The van der Waals surface area contributed by atoms with Crippen LogP contribution in [0.3, 0.4) is 0 Å². The summed E-state index contributed by atoms with van der Waals surface area (Å²) in [5, 5.41) is 0. The van der Waals surface area contributed by atoms with Crippen molar-refractivity contribution < 1.29 is 4.79 Å². The summed E-state index contributed by atoms with van der Waals surface area (Å²) in [4.78, 5) is 14.1. The molecule has 1 nitrogen and oxygen atoms in total. The molecule has 0 N–H and O–H groups in total. The van der Waals surface area contributed by atoms with Crippen LogP contribution in [0.1, 0.15) is 46.8 Å². The van der Waals surface area contributed by atoms with Crippen molar-refractivity contribution in [2.75, 3.05) is 0 Å². The number of fused-ring (bicyclic) bond motifs is 1. The van der Waals surface area contributed by atoms with Gasteiger partial charge in [-0.1, -0.05) is 19.4 Å². The minimum atomic E-state index is 0.148. The van der Waals surface area contributed by atoms with Gasteiger partial charge in [-0.15, -0.1) is 11.3 Å². The fraction of sp³-hybridized carbons (Fsp3) is 0.357. The van der Waals surface area contributed by atoms with Crippen molar-refractivity contribution in [3.63, 3.8) is 0 Å². The number of thiophene rings is 1. The Balaban J connectivity index is 2.63. The Morgan fingerprint density at radius 3 is 2.56 bits per heavy atom. The third-order valence-corrected chi connectivity index (χ3v) is 4.08. The third kappa shape index (κ3) is 1.78. The number of rotatable bonds is 2. The lowest BCUT2D eigenvalue weighted by Gasteiger charge is -2.12. The summed E-state index contributed by atoms with van der Waals surface area (Å²) in [7, 11) is 0. The summed E-state index contributed by atoms with van der Waals surface area (Å²) in [5.41, 5.74) is 3.60. The van der Waals surface area contributed by atoms with Crippen LogP contribution in [0.25, 0.3) is 5.57 Å². The van der Waals surface area contributed by atoms with E-state index in [1.165, 1.54) is 20.9 Å². The first-order valence-electron chi connectivity index (χ1n) is 5.72. The first kappa shape index (κ1) is 11.3.